The first kappa shape index (κ1) is 52.5. The molecule has 8 rings (SSSR count). The minimum Gasteiger partial charge on any atom is -0.422 e. The maximum absolute atomic E-state index is 15.4. The third-order valence-corrected chi connectivity index (χ3v) is 11.0. The van der Waals surface area contributed by atoms with Crippen molar-refractivity contribution in [2.24, 2.45) is 0 Å². The number of aromatic nitrogens is 2. The highest BCUT2D eigenvalue weighted by molar-refractivity contribution is 7.20. The Hall–Kier alpha value is -8.32. The van der Waals surface area contributed by atoms with E-state index in [-0.39, 0.29) is 18.0 Å². The number of ketones is 1. The molecule has 1 aromatic heterocycles. The number of esters is 1. The molecule has 0 atom stereocenters. The molecule has 73 heavy (non-hydrogen) atoms. The molecule has 2 aliphatic rings. The van der Waals surface area contributed by atoms with Gasteiger partial charge in [0.25, 0.3) is 0 Å². The summed E-state index contributed by atoms with van der Waals surface area (Å²) in [5.74, 6) is -71.6. The Kier molecular flexibility index (Phi) is 14.4. The van der Waals surface area contributed by atoms with Crippen LogP contribution in [0.4, 0.5) is 87.8 Å². The lowest BCUT2D eigenvalue weighted by atomic mass is 9.12. The van der Waals surface area contributed by atoms with Crippen molar-refractivity contribution < 1.29 is 107 Å². The number of ether oxygens (including phenoxy) is 1. The number of carbonyl (C=O) groups excluding carboxylic acids is 2. The Morgan fingerprint density at radius 2 is 0.726 bits per heavy atom. The van der Waals surface area contributed by atoms with Crippen molar-refractivity contribution in [3.8, 4) is 16.9 Å². The van der Waals surface area contributed by atoms with Crippen molar-refractivity contribution in [3.05, 3.63) is 219 Å². The summed E-state index contributed by atoms with van der Waals surface area (Å²) in [5, 5.41) is 0. The molecule has 6 aromatic rings. The summed E-state index contributed by atoms with van der Waals surface area (Å²) < 4.78 is 301. The topological polar surface area (TPSA) is 60.1 Å². The molecular weight excluding hydrogens is 1030 g/mol. The molecule has 0 N–H and O–H groups in total. The van der Waals surface area contributed by atoms with Crippen molar-refractivity contribution in [2.75, 3.05) is 0 Å². The van der Waals surface area contributed by atoms with Gasteiger partial charge in [0.05, 0.1) is 6.20 Å². The van der Waals surface area contributed by atoms with Crippen LogP contribution in [-0.4, -0.2) is 22.9 Å². The predicted molar refractivity (Wildman–Crippen MR) is 212 cm³/mol. The third kappa shape index (κ3) is 8.83. The van der Waals surface area contributed by atoms with E-state index in [4.69, 9.17) is 4.74 Å². The van der Waals surface area contributed by atoms with Crippen LogP contribution < -0.4 is 31.2 Å². The number of fused-ring (bicyclic) bond motifs is 1. The molecule has 5 aromatic carbocycles. The Balaban J connectivity index is 0.000000237. The summed E-state index contributed by atoms with van der Waals surface area (Å²) in [4.78, 5) is 28.9. The van der Waals surface area contributed by atoms with Gasteiger partial charge in [-0.1, -0.05) is 60.7 Å². The Morgan fingerprint density at radius 3 is 1.05 bits per heavy atom. The van der Waals surface area contributed by atoms with Crippen LogP contribution in [0.1, 0.15) is 20.8 Å². The maximum Gasteiger partial charge on any atom is 0.368 e. The van der Waals surface area contributed by atoms with Crippen LogP contribution in [0.5, 0.6) is 5.75 Å². The van der Waals surface area contributed by atoms with Crippen LogP contribution in [0.2, 0.25) is 0 Å². The minimum atomic E-state index is -7.22. The highest BCUT2D eigenvalue weighted by Gasteiger charge is 2.52. The lowest BCUT2D eigenvalue weighted by Gasteiger charge is -2.44. The second-order valence-electron chi connectivity index (χ2n) is 15.1. The average molecular weight is 1050 g/mol. The van der Waals surface area contributed by atoms with Gasteiger partial charge in [0.1, 0.15) is 58.4 Å². The fourth-order valence-electron chi connectivity index (χ4n) is 7.80. The number of carbonyl (C=O) groups is 2. The zero-order valence-corrected chi connectivity index (χ0v) is 35.1. The highest BCUT2D eigenvalue weighted by atomic mass is 19.2. The summed E-state index contributed by atoms with van der Waals surface area (Å²) in [5.41, 5.74) is -11.6. The first-order valence-electron chi connectivity index (χ1n) is 19.8. The van der Waals surface area contributed by atoms with Crippen LogP contribution >= 0.6 is 0 Å². The van der Waals surface area contributed by atoms with Gasteiger partial charge in [0.15, 0.2) is 76.0 Å². The summed E-state index contributed by atoms with van der Waals surface area (Å²) in [7, 11) is 0. The lowest BCUT2D eigenvalue weighted by molar-refractivity contribution is -0.683. The van der Waals surface area contributed by atoms with E-state index in [2.05, 4.69) is 4.98 Å². The smallest absolute Gasteiger partial charge is 0.368 e. The van der Waals surface area contributed by atoms with Crippen LogP contribution in [-0.2, 0) is 6.54 Å². The van der Waals surface area contributed by atoms with E-state index in [1.54, 1.807) is 22.9 Å². The van der Waals surface area contributed by atoms with Crippen molar-refractivity contribution in [2.45, 2.75) is 6.54 Å². The molecule has 0 fully saturated rings. The number of rotatable bonds is 9. The second kappa shape index (κ2) is 20.1. The molecule has 0 radical (unpaired) electrons. The summed E-state index contributed by atoms with van der Waals surface area (Å²) in [6.07, 6.45) is -2.57. The minimum absolute atomic E-state index is 0.0497. The molecule has 376 valence electrons. The highest BCUT2D eigenvalue weighted by Crippen LogP contribution is 2.32. The number of halogens is 20. The number of hydrogen-bond donors (Lipinski definition) is 0. The molecule has 1 heterocycles. The van der Waals surface area contributed by atoms with E-state index < -0.39 is 150 Å². The van der Waals surface area contributed by atoms with Gasteiger partial charge in [-0.3, -0.25) is 4.79 Å². The van der Waals surface area contributed by atoms with Crippen molar-refractivity contribution in [3.63, 3.8) is 0 Å². The van der Waals surface area contributed by atoms with Gasteiger partial charge >= 0.3 is 5.97 Å². The quantitative estimate of drug-likeness (QED) is 0.0275. The van der Waals surface area contributed by atoms with E-state index in [9.17, 15) is 62.3 Å². The van der Waals surface area contributed by atoms with E-state index in [1.165, 1.54) is 12.4 Å². The van der Waals surface area contributed by atoms with E-state index in [1.807, 2.05) is 60.7 Å². The Labute approximate surface area is 393 Å². The third-order valence-electron chi connectivity index (χ3n) is 11.0. The van der Waals surface area contributed by atoms with E-state index >= 15 is 35.1 Å². The molecular formula is C47H17BF20N2O3. The number of nitrogens with zero attached hydrogens (tertiary/aromatic N) is 2. The monoisotopic (exact) mass is 1050 g/mol. The summed E-state index contributed by atoms with van der Waals surface area (Å²) in [6, 6.07) is 22.3. The number of hydrogen-bond acceptors (Lipinski definition) is 4. The van der Waals surface area contributed by atoms with Crippen LogP contribution in [0.15, 0.2) is 91.4 Å². The van der Waals surface area contributed by atoms with E-state index in [0.29, 0.717) is 11.3 Å². The number of benzene rings is 5. The van der Waals surface area contributed by atoms with Crippen molar-refractivity contribution in [1.82, 2.24) is 4.98 Å². The van der Waals surface area contributed by atoms with Crippen LogP contribution in [0.25, 0.3) is 11.1 Å². The first-order valence-corrected chi connectivity index (χ1v) is 19.8. The molecule has 0 spiro atoms. The average Bonchev–Trinajstić information content (AvgIpc) is 3.63. The molecule has 0 saturated heterocycles. The van der Waals surface area contributed by atoms with Gasteiger partial charge in [0.2, 0.25) is 24.2 Å². The van der Waals surface area contributed by atoms with Gasteiger partial charge in [-0.2, -0.15) is 4.57 Å². The maximum atomic E-state index is 15.4. The number of Topliss-reactive ketones (excluding diaryl/α,β-unsaturated/α-hetero) is 1. The fourth-order valence-corrected chi connectivity index (χ4v) is 7.80. The van der Waals surface area contributed by atoms with Crippen molar-refractivity contribution >= 4 is 39.7 Å². The molecule has 0 amide bonds. The van der Waals surface area contributed by atoms with Crippen LogP contribution in [0, 0.1) is 116 Å². The molecule has 5 nitrogen and oxygen atoms in total. The van der Waals surface area contributed by atoms with Crippen molar-refractivity contribution in [1.29, 1.82) is 0 Å². The van der Waals surface area contributed by atoms with Crippen LogP contribution in [0.3, 0.4) is 0 Å². The standard InChI is InChI=1S/C24BF20.C23H17N2O3/c26-5-1(6(27)14(35)21(42)13(5)34)25(2-7(28)15(36)22(43)16(37)8(2)29,3-9(30)17(38)23(44)18(39)10(3)31)4-11(32)19(40)24(45)20(41)12(4)33;26-22(17-7-3-1-4-8-17)16-25-12-11-24-21(15-25)23(27)28-20-13-18-9-5-2-6-10-19(18)14-20/h;1-15H,16H2/q-1;+1. The zero-order valence-electron chi connectivity index (χ0n) is 35.1. The van der Waals surface area contributed by atoms with Gasteiger partial charge in [0, 0.05) is 5.56 Å². The first-order chi connectivity index (χ1) is 34.4. The molecule has 0 unspecified atom stereocenters. The second-order valence-corrected chi connectivity index (χ2v) is 15.1. The predicted octanol–water partition coefficient (Wildman–Crippen LogP) is 9.42. The SMILES string of the molecule is Fc1c(F)c(F)c([B-](c2c(F)c(F)c(F)c(F)c2F)(c2c(F)c(F)c(F)c(F)c2F)c2c(F)c(F)c(F)c(F)c2F)c(F)c1F.O=C(C[n+]1ccnc(C(=O)Oc2cc3cccccc-3c2)c1)c1ccccc1. The van der Waals surface area contributed by atoms with Gasteiger partial charge in [-0.15, -0.1) is 21.9 Å². The zero-order chi connectivity index (χ0) is 53.7. The van der Waals surface area contributed by atoms with Gasteiger partial charge < -0.3 is 4.74 Å². The Bertz CT molecular complexity index is 3120. The lowest BCUT2D eigenvalue weighted by Crippen LogP contribution is -2.81. The summed E-state index contributed by atoms with van der Waals surface area (Å²) >= 11 is 0. The fraction of sp³-hybridized carbons (Fsp3) is 0.0213. The Morgan fingerprint density at radius 1 is 0.425 bits per heavy atom. The summed E-state index contributed by atoms with van der Waals surface area (Å²) in [6.45, 7) is 0.115. The molecule has 2 aliphatic carbocycles. The molecule has 0 saturated carbocycles. The van der Waals surface area contributed by atoms with E-state index in [0.717, 1.165) is 11.1 Å². The van der Waals surface area contributed by atoms with Gasteiger partial charge in [-0.25, -0.2) is 97.6 Å². The largest absolute Gasteiger partial charge is 0.422 e. The molecule has 0 aliphatic heterocycles. The molecule has 0 bridgehead atoms. The van der Waals surface area contributed by atoms with Gasteiger partial charge in [-0.05, 0) is 23.3 Å². The normalized spacial score (nSPS) is 11.5. The molecule has 26 heteroatoms.